The van der Waals surface area contributed by atoms with E-state index in [2.05, 4.69) is 5.32 Å². The Hall–Kier alpha value is -2.77. The van der Waals surface area contributed by atoms with E-state index in [4.69, 9.17) is 9.47 Å². The molecular formula is C20H20N2O4S. The van der Waals surface area contributed by atoms with Gasteiger partial charge in [-0.25, -0.2) is 4.79 Å². The quantitative estimate of drug-likeness (QED) is 0.675. The van der Waals surface area contributed by atoms with Gasteiger partial charge in [-0.3, -0.25) is 0 Å². The average Bonchev–Trinajstić information content (AvgIpc) is 3.34. The largest absolute Gasteiger partial charge is 0.478 e. The molecule has 0 unspecified atom stereocenters. The molecule has 0 radical (unpaired) electrons. The van der Waals surface area contributed by atoms with Crippen LogP contribution in [0.15, 0.2) is 36.5 Å². The molecule has 0 aliphatic carbocycles. The minimum Gasteiger partial charge on any atom is -0.478 e. The van der Waals surface area contributed by atoms with Crippen LogP contribution in [0.25, 0.3) is 5.00 Å². The first-order valence-electron chi connectivity index (χ1n) is 8.63. The van der Waals surface area contributed by atoms with Crippen molar-refractivity contribution in [3.8, 4) is 16.5 Å². The fraction of sp³-hybridized carbons (Fsp3) is 0.250. The van der Waals surface area contributed by atoms with Gasteiger partial charge in [0, 0.05) is 29.9 Å². The van der Waals surface area contributed by atoms with Crippen LogP contribution in [0.1, 0.15) is 32.1 Å². The predicted octanol–water partition coefficient (Wildman–Crippen LogP) is 3.87. The summed E-state index contributed by atoms with van der Waals surface area (Å²) in [7, 11) is 0. The van der Waals surface area contributed by atoms with Gasteiger partial charge in [-0.15, -0.1) is 11.3 Å². The lowest BCUT2D eigenvalue weighted by Crippen LogP contribution is -2.15. The number of aromatic carboxylic acids is 1. The van der Waals surface area contributed by atoms with Crippen LogP contribution in [0.4, 0.5) is 0 Å². The van der Waals surface area contributed by atoms with Crippen LogP contribution >= 0.6 is 11.3 Å². The SMILES string of the molecule is Cc1sc(-n2cccc2CNCc2ccc3c(c2)OCO3)c(C(=O)O)c1C. The van der Waals surface area contributed by atoms with E-state index < -0.39 is 5.97 Å². The lowest BCUT2D eigenvalue weighted by molar-refractivity contribution is 0.0696. The number of hydrogen-bond donors (Lipinski definition) is 2. The minimum absolute atomic E-state index is 0.269. The summed E-state index contributed by atoms with van der Waals surface area (Å²) in [6.07, 6.45) is 1.91. The first-order valence-corrected chi connectivity index (χ1v) is 9.45. The highest BCUT2D eigenvalue weighted by Gasteiger charge is 2.21. The summed E-state index contributed by atoms with van der Waals surface area (Å²) in [5.41, 5.74) is 3.33. The first kappa shape index (κ1) is 17.6. The number of carbonyl (C=O) groups is 1. The summed E-state index contributed by atoms with van der Waals surface area (Å²) in [5, 5.41) is 13.8. The number of benzene rings is 1. The van der Waals surface area contributed by atoms with Crippen molar-refractivity contribution in [1.82, 2.24) is 9.88 Å². The van der Waals surface area contributed by atoms with Crippen molar-refractivity contribution >= 4 is 17.3 Å². The van der Waals surface area contributed by atoms with E-state index in [0.717, 1.165) is 38.2 Å². The zero-order valence-corrected chi connectivity index (χ0v) is 15.9. The highest BCUT2D eigenvalue weighted by atomic mass is 32.1. The maximum Gasteiger partial charge on any atom is 0.339 e. The fourth-order valence-electron chi connectivity index (χ4n) is 3.17. The third-order valence-electron chi connectivity index (χ3n) is 4.70. The molecule has 27 heavy (non-hydrogen) atoms. The Kier molecular flexibility index (Phi) is 4.63. The summed E-state index contributed by atoms with van der Waals surface area (Å²) >= 11 is 1.51. The molecule has 2 aromatic heterocycles. The van der Waals surface area contributed by atoms with Crippen molar-refractivity contribution in [2.24, 2.45) is 0 Å². The summed E-state index contributed by atoms with van der Waals surface area (Å²) in [6, 6.07) is 9.84. The van der Waals surface area contributed by atoms with E-state index in [1.54, 1.807) is 0 Å². The monoisotopic (exact) mass is 384 g/mol. The van der Waals surface area contributed by atoms with Crippen LogP contribution in [0.3, 0.4) is 0 Å². The summed E-state index contributed by atoms with van der Waals surface area (Å²) in [4.78, 5) is 12.7. The third-order valence-corrected chi connectivity index (χ3v) is 5.91. The van der Waals surface area contributed by atoms with Gasteiger partial charge in [0.25, 0.3) is 0 Å². The molecule has 0 amide bonds. The number of nitrogens with one attached hydrogen (secondary N) is 1. The highest BCUT2D eigenvalue weighted by Crippen LogP contribution is 2.33. The topological polar surface area (TPSA) is 72.7 Å². The number of thiophene rings is 1. The van der Waals surface area contributed by atoms with E-state index in [0.29, 0.717) is 18.7 Å². The first-order chi connectivity index (χ1) is 13.0. The second kappa shape index (κ2) is 7.09. The maximum absolute atomic E-state index is 11.7. The number of aromatic nitrogens is 1. The Morgan fingerprint density at radius 2 is 2.04 bits per heavy atom. The van der Waals surface area contributed by atoms with Gasteiger partial charge >= 0.3 is 5.97 Å². The molecule has 0 saturated carbocycles. The number of carboxylic acid groups (broad SMARTS) is 1. The predicted molar refractivity (Wildman–Crippen MR) is 103 cm³/mol. The number of hydrogen-bond acceptors (Lipinski definition) is 5. The molecule has 1 aliphatic heterocycles. The fourth-order valence-corrected chi connectivity index (χ4v) is 4.34. The summed E-state index contributed by atoms with van der Waals surface area (Å²) < 4.78 is 12.7. The Morgan fingerprint density at radius 1 is 1.22 bits per heavy atom. The van der Waals surface area contributed by atoms with Crippen molar-refractivity contribution in [3.05, 3.63) is 63.8 Å². The molecule has 1 aromatic carbocycles. The van der Waals surface area contributed by atoms with Gasteiger partial charge in [0.15, 0.2) is 11.5 Å². The van der Waals surface area contributed by atoms with Crippen LogP contribution < -0.4 is 14.8 Å². The molecule has 6 nitrogen and oxygen atoms in total. The molecule has 0 spiro atoms. The molecule has 4 rings (SSSR count). The zero-order chi connectivity index (χ0) is 19.0. The number of rotatable bonds is 6. The molecule has 3 heterocycles. The van der Waals surface area contributed by atoms with E-state index in [9.17, 15) is 9.90 Å². The lowest BCUT2D eigenvalue weighted by Gasteiger charge is -2.10. The Balaban J connectivity index is 1.50. The molecule has 0 atom stereocenters. The molecule has 140 valence electrons. The second-order valence-electron chi connectivity index (χ2n) is 6.43. The number of carboxylic acids is 1. The summed E-state index contributed by atoms with van der Waals surface area (Å²) in [6.45, 7) is 5.38. The van der Waals surface area contributed by atoms with Gasteiger partial charge in [0.1, 0.15) is 5.00 Å². The van der Waals surface area contributed by atoms with Gasteiger partial charge in [-0.2, -0.15) is 0 Å². The van der Waals surface area contributed by atoms with Gasteiger partial charge < -0.3 is 24.5 Å². The zero-order valence-electron chi connectivity index (χ0n) is 15.1. The van der Waals surface area contributed by atoms with Gasteiger partial charge in [0.05, 0.1) is 5.56 Å². The number of fused-ring (bicyclic) bond motifs is 1. The molecule has 0 fully saturated rings. The van der Waals surface area contributed by atoms with Crippen molar-refractivity contribution in [2.75, 3.05) is 6.79 Å². The van der Waals surface area contributed by atoms with Crippen LogP contribution in [-0.2, 0) is 13.1 Å². The average molecular weight is 384 g/mol. The maximum atomic E-state index is 11.7. The third kappa shape index (κ3) is 3.31. The summed E-state index contributed by atoms with van der Waals surface area (Å²) in [5.74, 6) is 0.658. The molecule has 0 bridgehead atoms. The standard InChI is InChI=1S/C20H20N2O4S/c1-12-13(2)27-19(18(12)20(23)24)22-7-3-4-15(22)10-21-9-14-5-6-16-17(8-14)26-11-25-16/h3-8,21H,9-11H2,1-2H3,(H,23,24). The molecular weight excluding hydrogens is 364 g/mol. The Labute approximate surface area is 161 Å². The normalized spacial score (nSPS) is 12.5. The van der Waals surface area contributed by atoms with Crippen LogP contribution in [0, 0.1) is 13.8 Å². The Morgan fingerprint density at radius 3 is 2.85 bits per heavy atom. The number of ether oxygens (including phenoxy) is 2. The van der Waals surface area contributed by atoms with Gasteiger partial charge in [-0.1, -0.05) is 6.07 Å². The van der Waals surface area contributed by atoms with E-state index >= 15 is 0 Å². The van der Waals surface area contributed by atoms with Crippen molar-refractivity contribution in [1.29, 1.82) is 0 Å². The molecule has 3 aromatic rings. The van der Waals surface area contributed by atoms with E-state index in [-0.39, 0.29) is 6.79 Å². The van der Waals surface area contributed by atoms with Gasteiger partial charge in [0.2, 0.25) is 6.79 Å². The van der Waals surface area contributed by atoms with Crippen LogP contribution in [0.5, 0.6) is 11.5 Å². The number of nitrogens with zero attached hydrogens (tertiary/aromatic N) is 1. The lowest BCUT2D eigenvalue weighted by atomic mass is 10.1. The molecule has 7 heteroatoms. The number of aryl methyl sites for hydroxylation is 1. The molecule has 0 saturated heterocycles. The Bertz CT molecular complexity index is 1010. The molecule has 2 N–H and O–H groups in total. The second-order valence-corrected chi connectivity index (χ2v) is 7.63. The van der Waals surface area contributed by atoms with E-state index in [1.807, 2.05) is 54.9 Å². The van der Waals surface area contributed by atoms with Crippen molar-refractivity contribution < 1.29 is 19.4 Å². The van der Waals surface area contributed by atoms with Crippen LogP contribution in [0.2, 0.25) is 0 Å². The minimum atomic E-state index is -0.889. The highest BCUT2D eigenvalue weighted by molar-refractivity contribution is 7.15. The van der Waals surface area contributed by atoms with Crippen molar-refractivity contribution in [2.45, 2.75) is 26.9 Å². The van der Waals surface area contributed by atoms with Crippen LogP contribution in [-0.4, -0.2) is 22.4 Å². The van der Waals surface area contributed by atoms with Gasteiger partial charge in [-0.05, 0) is 49.2 Å². The van der Waals surface area contributed by atoms with E-state index in [1.165, 1.54) is 11.3 Å². The smallest absolute Gasteiger partial charge is 0.339 e. The van der Waals surface area contributed by atoms with Crippen molar-refractivity contribution in [3.63, 3.8) is 0 Å². The molecule has 1 aliphatic rings.